The summed E-state index contributed by atoms with van der Waals surface area (Å²) in [7, 11) is 0. The monoisotopic (exact) mass is 331 g/mol. The lowest BCUT2D eigenvalue weighted by molar-refractivity contribution is -0.230. The minimum atomic E-state index is -1.98. The topological polar surface area (TPSA) is 111 Å². The molecule has 4 bridgehead atoms. The number of hydrogen-bond acceptors (Lipinski definition) is 5. The van der Waals surface area contributed by atoms with Crippen LogP contribution in [-0.2, 0) is 4.79 Å². The van der Waals surface area contributed by atoms with Crippen molar-refractivity contribution in [1.29, 1.82) is 5.26 Å². The molecule has 130 valence electrons. The zero-order valence-electron chi connectivity index (χ0n) is 13.8. The summed E-state index contributed by atoms with van der Waals surface area (Å²) in [5.74, 6) is 0.607. The summed E-state index contributed by atoms with van der Waals surface area (Å²) in [5, 5.41) is 31.5. The summed E-state index contributed by atoms with van der Waals surface area (Å²) in [6, 6.07) is 1.81. The SMILES string of the molecule is N#C[C@@H]1C[C@@H]2C[C@@H]2N1C(=O)[C@@](N)(O)C12CC3CC(CC(O)(C3)C1)C2. The first kappa shape index (κ1) is 15.1. The molecule has 4 N–H and O–H groups in total. The molecule has 0 aromatic heterocycles. The molecule has 1 amide bonds. The normalized spacial score (nSPS) is 53.4. The number of carbonyl (C=O) groups is 1. The van der Waals surface area contributed by atoms with E-state index in [1.807, 2.05) is 0 Å². The lowest BCUT2D eigenvalue weighted by atomic mass is 9.45. The van der Waals surface area contributed by atoms with Gasteiger partial charge in [-0.05, 0) is 69.1 Å². The first-order valence-electron chi connectivity index (χ1n) is 9.23. The molecule has 0 aromatic rings. The highest BCUT2D eigenvalue weighted by atomic mass is 16.3. The second-order valence-electron chi connectivity index (χ2n) is 9.39. The third kappa shape index (κ3) is 1.78. The standard InChI is InChI=1S/C18H25N3O3/c19-8-13-2-12-3-14(12)21(13)15(22)18(20,24)16-4-10-1-11(5-16)7-17(23,6-10)9-16/h10-14,23-24H,1-7,9,20H2/t10?,11?,12-,13+,14+,16?,17?,18-/m1/s1. The number of likely N-dealkylation sites (tertiary alicyclic amines) is 1. The summed E-state index contributed by atoms with van der Waals surface area (Å²) >= 11 is 0. The molecule has 0 aromatic carbocycles. The van der Waals surface area contributed by atoms with Crippen molar-refractivity contribution in [1.82, 2.24) is 4.90 Å². The molecule has 5 aliphatic carbocycles. The molecule has 1 saturated heterocycles. The van der Waals surface area contributed by atoms with Gasteiger partial charge in [0.15, 0.2) is 5.72 Å². The highest BCUT2D eigenvalue weighted by Crippen LogP contribution is 2.64. The van der Waals surface area contributed by atoms with Crippen molar-refractivity contribution >= 4 is 5.91 Å². The van der Waals surface area contributed by atoms with Crippen LogP contribution in [0.1, 0.15) is 51.4 Å². The smallest absolute Gasteiger partial charge is 0.271 e. The van der Waals surface area contributed by atoms with E-state index in [-0.39, 0.29) is 6.04 Å². The van der Waals surface area contributed by atoms with Gasteiger partial charge in [-0.3, -0.25) is 10.5 Å². The fourth-order valence-electron chi connectivity index (χ4n) is 6.95. The van der Waals surface area contributed by atoms with Crippen LogP contribution >= 0.6 is 0 Å². The van der Waals surface area contributed by atoms with Gasteiger partial charge in [0.25, 0.3) is 5.91 Å². The molecule has 6 atom stereocenters. The summed E-state index contributed by atoms with van der Waals surface area (Å²) in [6.07, 6.45) is 6.06. The van der Waals surface area contributed by atoms with E-state index < -0.39 is 28.7 Å². The molecule has 0 spiro atoms. The summed E-state index contributed by atoms with van der Waals surface area (Å²) in [5.41, 5.74) is 2.84. The Hall–Kier alpha value is -1.16. The van der Waals surface area contributed by atoms with Crippen molar-refractivity contribution in [3.05, 3.63) is 0 Å². The average Bonchev–Trinajstić information content (AvgIpc) is 3.14. The molecular weight excluding hydrogens is 306 g/mol. The second kappa shape index (κ2) is 4.32. The number of carbonyl (C=O) groups excluding carboxylic acids is 1. The van der Waals surface area contributed by atoms with Gasteiger partial charge in [-0.1, -0.05) is 0 Å². The number of nitrogens with zero attached hydrogens (tertiary/aromatic N) is 2. The van der Waals surface area contributed by atoms with E-state index in [4.69, 9.17) is 5.73 Å². The second-order valence-corrected chi connectivity index (χ2v) is 9.39. The number of fused-ring (bicyclic) bond motifs is 1. The van der Waals surface area contributed by atoms with E-state index in [2.05, 4.69) is 6.07 Å². The summed E-state index contributed by atoms with van der Waals surface area (Å²) in [4.78, 5) is 14.8. The van der Waals surface area contributed by atoms with Crippen LogP contribution in [0.5, 0.6) is 0 Å². The predicted molar refractivity (Wildman–Crippen MR) is 84.0 cm³/mol. The van der Waals surface area contributed by atoms with Crippen molar-refractivity contribution in [2.24, 2.45) is 28.9 Å². The molecule has 6 fully saturated rings. The molecule has 6 nitrogen and oxygen atoms in total. The number of piperidine rings is 1. The molecule has 6 rings (SSSR count). The van der Waals surface area contributed by atoms with Crippen molar-refractivity contribution in [2.75, 3.05) is 0 Å². The lowest BCUT2D eigenvalue weighted by Crippen LogP contribution is -2.72. The van der Waals surface area contributed by atoms with Crippen LogP contribution in [0.2, 0.25) is 0 Å². The van der Waals surface area contributed by atoms with Crippen LogP contribution in [0, 0.1) is 34.5 Å². The van der Waals surface area contributed by atoms with E-state index in [9.17, 15) is 20.3 Å². The Morgan fingerprint density at radius 1 is 1.21 bits per heavy atom. The molecule has 0 radical (unpaired) electrons. The van der Waals surface area contributed by atoms with Gasteiger partial charge in [-0.25, -0.2) is 0 Å². The predicted octanol–water partition coefficient (Wildman–Crippen LogP) is 0.478. The van der Waals surface area contributed by atoms with E-state index in [0.29, 0.717) is 43.4 Å². The van der Waals surface area contributed by atoms with Crippen LogP contribution < -0.4 is 5.73 Å². The van der Waals surface area contributed by atoms with Gasteiger partial charge in [0.2, 0.25) is 0 Å². The Bertz CT molecular complexity index is 640. The molecule has 1 heterocycles. The van der Waals surface area contributed by atoms with Crippen LogP contribution in [0.3, 0.4) is 0 Å². The summed E-state index contributed by atoms with van der Waals surface area (Å²) in [6.45, 7) is 0. The van der Waals surface area contributed by atoms with Crippen molar-refractivity contribution in [3.8, 4) is 6.07 Å². The van der Waals surface area contributed by atoms with Gasteiger partial charge in [0, 0.05) is 11.5 Å². The first-order valence-corrected chi connectivity index (χ1v) is 9.23. The van der Waals surface area contributed by atoms with Crippen LogP contribution in [0.25, 0.3) is 0 Å². The Balaban J connectivity index is 1.49. The van der Waals surface area contributed by atoms with Crippen LogP contribution in [-0.4, -0.2) is 44.4 Å². The molecule has 6 aliphatic rings. The highest BCUT2D eigenvalue weighted by molar-refractivity contribution is 5.87. The van der Waals surface area contributed by atoms with Gasteiger partial charge >= 0.3 is 0 Å². The number of aliphatic hydroxyl groups is 2. The maximum absolute atomic E-state index is 13.2. The van der Waals surface area contributed by atoms with E-state index in [0.717, 1.165) is 25.7 Å². The third-order valence-corrected chi connectivity index (χ3v) is 7.65. The third-order valence-electron chi connectivity index (χ3n) is 7.65. The van der Waals surface area contributed by atoms with Crippen LogP contribution in [0.4, 0.5) is 0 Å². The molecule has 5 saturated carbocycles. The van der Waals surface area contributed by atoms with Crippen molar-refractivity contribution in [2.45, 2.75) is 74.8 Å². The zero-order chi connectivity index (χ0) is 16.9. The number of nitriles is 1. The zero-order valence-corrected chi connectivity index (χ0v) is 13.8. The molecular formula is C18H25N3O3. The fraction of sp³-hybridized carbons (Fsp3) is 0.889. The Labute approximate surface area is 141 Å². The van der Waals surface area contributed by atoms with Gasteiger partial charge in [0.05, 0.1) is 11.7 Å². The van der Waals surface area contributed by atoms with E-state index >= 15 is 0 Å². The number of amides is 1. The number of rotatable bonds is 2. The molecule has 24 heavy (non-hydrogen) atoms. The quantitative estimate of drug-likeness (QED) is 0.637. The van der Waals surface area contributed by atoms with E-state index in [1.165, 1.54) is 0 Å². The van der Waals surface area contributed by atoms with Gasteiger partial charge in [-0.15, -0.1) is 0 Å². The lowest BCUT2D eigenvalue weighted by Gasteiger charge is -2.63. The molecule has 2 unspecified atom stereocenters. The number of hydrogen-bond donors (Lipinski definition) is 3. The van der Waals surface area contributed by atoms with Crippen molar-refractivity contribution in [3.63, 3.8) is 0 Å². The highest BCUT2D eigenvalue weighted by Gasteiger charge is 2.68. The molecule has 1 aliphatic heterocycles. The maximum atomic E-state index is 13.2. The molecule has 6 heteroatoms. The largest absolute Gasteiger partial charge is 0.390 e. The Morgan fingerprint density at radius 3 is 2.46 bits per heavy atom. The van der Waals surface area contributed by atoms with Gasteiger partial charge in [0.1, 0.15) is 6.04 Å². The minimum Gasteiger partial charge on any atom is -0.390 e. The van der Waals surface area contributed by atoms with E-state index in [1.54, 1.807) is 4.90 Å². The van der Waals surface area contributed by atoms with Gasteiger partial charge in [-0.2, -0.15) is 5.26 Å². The summed E-state index contributed by atoms with van der Waals surface area (Å²) < 4.78 is 0. The first-order chi connectivity index (χ1) is 11.3. The van der Waals surface area contributed by atoms with Crippen molar-refractivity contribution < 1.29 is 15.0 Å². The Morgan fingerprint density at radius 2 is 1.88 bits per heavy atom. The number of nitrogens with two attached hydrogens (primary N) is 1. The fourth-order valence-corrected chi connectivity index (χ4v) is 6.95. The maximum Gasteiger partial charge on any atom is 0.271 e. The average molecular weight is 331 g/mol. The van der Waals surface area contributed by atoms with Gasteiger partial charge < -0.3 is 15.1 Å². The van der Waals surface area contributed by atoms with Crippen LogP contribution in [0.15, 0.2) is 0 Å². The minimum absolute atomic E-state index is 0.0780. The Kier molecular flexibility index (Phi) is 2.72.